The third-order valence-corrected chi connectivity index (χ3v) is 2.72. The predicted molar refractivity (Wildman–Crippen MR) is 70.0 cm³/mol. The maximum atomic E-state index is 5.59. The smallest absolute Gasteiger partial charge is 0.149 e. The lowest BCUT2D eigenvalue weighted by molar-refractivity contribution is -0.151. The average molecular weight is 247 g/mol. The van der Waals surface area contributed by atoms with E-state index in [2.05, 4.69) is 19.2 Å². The highest BCUT2D eigenvalue weighted by molar-refractivity contribution is 4.59. The molecule has 0 radical (unpaired) electrons. The molecule has 0 saturated heterocycles. The van der Waals surface area contributed by atoms with Gasteiger partial charge in [0.05, 0.1) is 12.2 Å². The molecule has 104 valence electrons. The molecule has 2 unspecified atom stereocenters. The summed E-state index contributed by atoms with van der Waals surface area (Å²) >= 11 is 0. The molecule has 0 aromatic rings. The molecule has 0 aromatic heterocycles. The zero-order chi connectivity index (χ0) is 13.1. The lowest BCUT2D eigenvalue weighted by atomic mass is 10.2. The van der Waals surface area contributed by atoms with E-state index in [9.17, 15) is 0 Å². The Morgan fingerprint density at radius 1 is 0.941 bits per heavy atom. The first-order valence-corrected chi connectivity index (χ1v) is 6.67. The zero-order valence-corrected chi connectivity index (χ0v) is 12.0. The van der Waals surface area contributed by atoms with Crippen LogP contribution in [0.15, 0.2) is 0 Å². The van der Waals surface area contributed by atoms with Crippen molar-refractivity contribution in [1.29, 1.82) is 0 Å². The quantitative estimate of drug-likeness (QED) is 0.570. The zero-order valence-electron chi connectivity index (χ0n) is 12.0. The van der Waals surface area contributed by atoms with E-state index in [4.69, 9.17) is 14.2 Å². The van der Waals surface area contributed by atoms with Gasteiger partial charge in [-0.25, -0.2) is 0 Å². The largest absolute Gasteiger partial charge is 0.376 e. The third kappa shape index (κ3) is 8.55. The molecular formula is C13H29NO3. The highest BCUT2D eigenvalue weighted by Crippen LogP contribution is 2.05. The Labute approximate surface area is 106 Å². The van der Waals surface area contributed by atoms with Crippen LogP contribution in [0.2, 0.25) is 0 Å². The van der Waals surface area contributed by atoms with Crippen LogP contribution < -0.4 is 5.32 Å². The number of hydrogen-bond donors (Lipinski definition) is 1. The Hall–Kier alpha value is -0.160. The molecule has 0 bridgehead atoms. The van der Waals surface area contributed by atoms with Crippen LogP contribution in [0, 0.1) is 0 Å². The van der Waals surface area contributed by atoms with Crippen LogP contribution in [-0.2, 0) is 14.2 Å². The summed E-state index contributed by atoms with van der Waals surface area (Å²) in [5.41, 5.74) is 0. The molecule has 1 N–H and O–H groups in total. The van der Waals surface area contributed by atoms with Gasteiger partial charge in [0.25, 0.3) is 0 Å². The molecule has 0 aliphatic rings. The second-order valence-corrected chi connectivity index (χ2v) is 4.30. The summed E-state index contributed by atoms with van der Waals surface area (Å²) in [5, 5.41) is 3.11. The minimum absolute atomic E-state index is 0.0562. The van der Waals surface area contributed by atoms with Crippen LogP contribution in [0.4, 0.5) is 0 Å². The third-order valence-electron chi connectivity index (χ3n) is 2.72. The molecule has 0 aliphatic heterocycles. The summed E-state index contributed by atoms with van der Waals surface area (Å²) in [4.78, 5) is 0. The molecule has 0 aromatic carbocycles. The standard InChI is InChI=1S/C13H29NO3/c1-6-8-13(14-5)17-10-16-12(4)11(3)15-9-7-2/h11-14H,6-10H2,1-5H3/t11?,12-,13?/m1/s1. The number of ether oxygens (including phenoxy) is 3. The predicted octanol–water partition coefficient (Wildman–Crippen LogP) is 2.53. The van der Waals surface area contributed by atoms with Gasteiger partial charge in [0.2, 0.25) is 0 Å². The van der Waals surface area contributed by atoms with Crippen molar-refractivity contribution >= 4 is 0 Å². The van der Waals surface area contributed by atoms with E-state index >= 15 is 0 Å². The van der Waals surface area contributed by atoms with Gasteiger partial charge in [-0.2, -0.15) is 0 Å². The topological polar surface area (TPSA) is 39.7 Å². The summed E-state index contributed by atoms with van der Waals surface area (Å²) in [6.07, 6.45) is 3.37. The van der Waals surface area contributed by atoms with Gasteiger partial charge in [0, 0.05) is 6.61 Å². The summed E-state index contributed by atoms with van der Waals surface area (Å²) in [6, 6.07) is 0. The summed E-state index contributed by atoms with van der Waals surface area (Å²) < 4.78 is 16.7. The van der Waals surface area contributed by atoms with Gasteiger partial charge in [0.1, 0.15) is 13.0 Å². The van der Waals surface area contributed by atoms with E-state index < -0.39 is 0 Å². The minimum Gasteiger partial charge on any atom is -0.376 e. The van der Waals surface area contributed by atoms with Crippen molar-refractivity contribution in [1.82, 2.24) is 5.32 Å². The SMILES string of the molecule is CCCOC(C)[C@@H](C)OCOC(CCC)NC. The maximum absolute atomic E-state index is 5.59. The minimum atomic E-state index is 0.0562. The van der Waals surface area contributed by atoms with E-state index in [1.165, 1.54) is 0 Å². The fourth-order valence-corrected chi connectivity index (χ4v) is 1.38. The molecule has 0 rings (SSSR count). The van der Waals surface area contributed by atoms with Crippen LogP contribution in [0.5, 0.6) is 0 Å². The van der Waals surface area contributed by atoms with E-state index in [0.717, 1.165) is 25.9 Å². The molecule has 4 heteroatoms. The van der Waals surface area contributed by atoms with Gasteiger partial charge >= 0.3 is 0 Å². The molecule has 4 nitrogen and oxygen atoms in total. The Morgan fingerprint density at radius 2 is 1.59 bits per heavy atom. The van der Waals surface area contributed by atoms with Gasteiger partial charge in [0.15, 0.2) is 0 Å². The van der Waals surface area contributed by atoms with Crippen molar-refractivity contribution in [2.45, 2.75) is 65.4 Å². The van der Waals surface area contributed by atoms with E-state index in [-0.39, 0.29) is 18.4 Å². The molecule has 0 aliphatic carbocycles. The normalized spacial score (nSPS) is 16.8. The van der Waals surface area contributed by atoms with Gasteiger partial charge in [-0.15, -0.1) is 0 Å². The number of nitrogens with one attached hydrogen (secondary N) is 1. The highest BCUT2D eigenvalue weighted by Gasteiger charge is 2.13. The van der Waals surface area contributed by atoms with Gasteiger partial charge in [-0.3, -0.25) is 5.32 Å². The maximum Gasteiger partial charge on any atom is 0.149 e. The Bertz CT molecular complexity index is 167. The lowest BCUT2D eigenvalue weighted by Crippen LogP contribution is -2.32. The second-order valence-electron chi connectivity index (χ2n) is 4.30. The Morgan fingerprint density at radius 3 is 2.12 bits per heavy atom. The van der Waals surface area contributed by atoms with Crippen molar-refractivity contribution < 1.29 is 14.2 Å². The monoisotopic (exact) mass is 247 g/mol. The van der Waals surface area contributed by atoms with Crippen molar-refractivity contribution in [3.8, 4) is 0 Å². The van der Waals surface area contributed by atoms with Gasteiger partial charge in [-0.1, -0.05) is 20.3 Å². The molecular weight excluding hydrogens is 218 g/mol. The molecule has 3 atom stereocenters. The number of hydrogen-bond acceptors (Lipinski definition) is 4. The summed E-state index contributed by atoms with van der Waals surface area (Å²) in [6.45, 7) is 9.37. The van der Waals surface area contributed by atoms with E-state index in [1.54, 1.807) is 0 Å². The fourth-order valence-electron chi connectivity index (χ4n) is 1.38. The summed E-state index contributed by atoms with van der Waals surface area (Å²) in [7, 11) is 1.90. The van der Waals surface area contributed by atoms with Crippen LogP contribution >= 0.6 is 0 Å². The van der Waals surface area contributed by atoms with Crippen molar-refractivity contribution in [3.63, 3.8) is 0 Å². The second kappa shape index (κ2) is 11.0. The highest BCUT2D eigenvalue weighted by atomic mass is 16.7. The molecule has 17 heavy (non-hydrogen) atoms. The molecule has 0 amide bonds. The first-order valence-electron chi connectivity index (χ1n) is 6.67. The van der Waals surface area contributed by atoms with Crippen LogP contribution in [0.25, 0.3) is 0 Å². The van der Waals surface area contributed by atoms with Crippen molar-refractivity contribution in [2.24, 2.45) is 0 Å². The molecule has 0 spiro atoms. The van der Waals surface area contributed by atoms with Crippen molar-refractivity contribution in [3.05, 3.63) is 0 Å². The number of rotatable bonds is 11. The van der Waals surface area contributed by atoms with Gasteiger partial charge < -0.3 is 14.2 Å². The Balaban J connectivity index is 3.64. The average Bonchev–Trinajstić information content (AvgIpc) is 2.34. The van der Waals surface area contributed by atoms with E-state index in [1.807, 2.05) is 20.9 Å². The van der Waals surface area contributed by atoms with Crippen molar-refractivity contribution in [2.75, 3.05) is 20.4 Å². The molecule has 0 heterocycles. The van der Waals surface area contributed by atoms with E-state index in [0.29, 0.717) is 6.79 Å². The van der Waals surface area contributed by atoms with Crippen LogP contribution in [-0.4, -0.2) is 38.9 Å². The lowest BCUT2D eigenvalue weighted by Gasteiger charge is -2.22. The first kappa shape index (κ1) is 16.8. The van der Waals surface area contributed by atoms with Gasteiger partial charge in [-0.05, 0) is 33.7 Å². The summed E-state index contributed by atoms with van der Waals surface area (Å²) in [5.74, 6) is 0. The Kier molecular flexibility index (Phi) is 10.9. The van der Waals surface area contributed by atoms with Crippen LogP contribution in [0.3, 0.4) is 0 Å². The molecule has 0 saturated carbocycles. The fraction of sp³-hybridized carbons (Fsp3) is 1.00. The first-order chi connectivity index (χ1) is 8.15. The molecule has 0 fully saturated rings. The van der Waals surface area contributed by atoms with Crippen LogP contribution in [0.1, 0.15) is 47.0 Å².